The van der Waals surface area contributed by atoms with Crippen LogP contribution in [0.4, 0.5) is 5.82 Å². The van der Waals surface area contributed by atoms with Crippen molar-refractivity contribution in [3.8, 4) is 0 Å². The summed E-state index contributed by atoms with van der Waals surface area (Å²) in [5.74, 6) is 2.39. The van der Waals surface area contributed by atoms with Crippen molar-refractivity contribution in [1.82, 2.24) is 9.97 Å². The highest BCUT2D eigenvalue weighted by Crippen LogP contribution is 2.36. The number of nitrogens with two attached hydrogens (primary N) is 1. The highest BCUT2D eigenvalue weighted by Gasteiger charge is 2.40. The van der Waals surface area contributed by atoms with E-state index in [0.29, 0.717) is 17.9 Å². The number of rotatable bonds is 1. The number of hydrogen-bond donors (Lipinski definition) is 1. The van der Waals surface area contributed by atoms with Crippen LogP contribution in [0, 0.1) is 18.8 Å². The topological polar surface area (TPSA) is 55.0 Å². The van der Waals surface area contributed by atoms with Crippen molar-refractivity contribution in [2.75, 3.05) is 18.0 Å². The molecule has 1 unspecified atom stereocenters. The minimum atomic E-state index is 0.416. The number of nitrogens with zero attached hydrogens (tertiary/aromatic N) is 3. The second-order valence-electron chi connectivity index (χ2n) is 5.10. The molecule has 0 radical (unpaired) electrons. The third-order valence-corrected chi connectivity index (χ3v) is 4.02. The van der Waals surface area contributed by atoms with E-state index in [1.165, 1.54) is 12.8 Å². The number of aryl methyl sites for hydroxylation is 1. The van der Waals surface area contributed by atoms with Crippen molar-refractivity contribution in [3.05, 3.63) is 18.1 Å². The zero-order chi connectivity index (χ0) is 11.1. The second kappa shape index (κ2) is 3.70. The summed E-state index contributed by atoms with van der Waals surface area (Å²) in [6.07, 6.45) is 4.22. The van der Waals surface area contributed by atoms with Crippen LogP contribution >= 0.6 is 0 Å². The SMILES string of the molecule is Cc1cc(N2CC3CC[C@@H](C2)[C@H]3N)ncn1. The van der Waals surface area contributed by atoms with Gasteiger partial charge in [-0.05, 0) is 31.6 Å². The smallest absolute Gasteiger partial charge is 0.132 e. The fourth-order valence-corrected chi connectivity index (χ4v) is 3.07. The van der Waals surface area contributed by atoms with E-state index in [1.54, 1.807) is 6.33 Å². The first-order valence-corrected chi connectivity index (χ1v) is 6.03. The fourth-order valence-electron chi connectivity index (χ4n) is 3.07. The summed E-state index contributed by atoms with van der Waals surface area (Å²) in [5.41, 5.74) is 7.23. The van der Waals surface area contributed by atoms with Gasteiger partial charge in [-0.15, -0.1) is 0 Å². The molecular formula is C12H18N4. The Morgan fingerprint density at radius 1 is 1.25 bits per heavy atom. The Morgan fingerprint density at radius 3 is 2.56 bits per heavy atom. The Hall–Kier alpha value is -1.16. The van der Waals surface area contributed by atoms with Gasteiger partial charge in [0.1, 0.15) is 12.1 Å². The maximum Gasteiger partial charge on any atom is 0.132 e. The summed E-state index contributed by atoms with van der Waals surface area (Å²) >= 11 is 0. The van der Waals surface area contributed by atoms with Crippen molar-refractivity contribution in [1.29, 1.82) is 0 Å². The van der Waals surface area contributed by atoms with Crippen molar-refractivity contribution in [3.63, 3.8) is 0 Å². The first-order chi connectivity index (χ1) is 7.74. The molecular weight excluding hydrogens is 200 g/mol. The Kier molecular flexibility index (Phi) is 2.32. The summed E-state index contributed by atoms with van der Waals surface area (Å²) in [6.45, 7) is 4.14. The number of aromatic nitrogens is 2. The molecule has 4 nitrogen and oxygen atoms in total. The van der Waals surface area contributed by atoms with Gasteiger partial charge in [0.15, 0.2) is 0 Å². The monoisotopic (exact) mass is 218 g/mol. The van der Waals surface area contributed by atoms with Crippen LogP contribution < -0.4 is 10.6 Å². The Bertz CT molecular complexity index is 378. The van der Waals surface area contributed by atoms with E-state index in [0.717, 1.165) is 24.6 Å². The van der Waals surface area contributed by atoms with Gasteiger partial charge in [0.25, 0.3) is 0 Å². The van der Waals surface area contributed by atoms with Gasteiger partial charge >= 0.3 is 0 Å². The predicted octanol–water partition coefficient (Wildman–Crippen LogP) is 0.959. The van der Waals surface area contributed by atoms with Crippen LogP contribution in [0.2, 0.25) is 0 Å². The molecule has 2 fully saturated rings. The lowest BCUT2D eigenvalue weighted by Crippen LogP contribution is -2.49. The molecule has 1 aromatic heterocycles. The van der Waals surface area contributed by atoms with Gasteiger partial charge in [-0.3, -0.25) is 0 Å². The zero-order valence-corrected chi connectivity index (χ0v) is 9.63. The van der Waals surface area contributed by atoms with Crippen LogP contribution in [0.3, 0.4) is 0 Å². The lowest BCUT2D eigenvalue weighted by Gasteiger charge is -2.36. The highest BCUT2D eigenvalue weighted by atomic mass is 15.2. The van der Waals surface area contributed by atoms with Gasteiger partial charge in [-0.25, -0.2) is 9.97 Å². The minimum Gasteiger partial charge on any atom is -0.356 e. The zero-order valence-electron chi connectivity index (χ0n) is 9.63. The number of anilines is 1. The molecule has 3 rings (SSSR count). The van der Waals surface area contributed by atoms with Gasteiger partial charge in [0, 0.05) is 30.9 Å². The summed E-state index contributed by atoms with van der Waals surface area (Å²) in [7, 11) is 0. The third-order valence-electron chi connectivity index (χ3n) is 4.02. The molecule has 0 aromatic carbocycles. The Balaban J connectivity index is 1.83. The van der Waals surface area contributed by atoms with E-state index in [4.69, 9.17) is 5.73 Å². The molecule has 0 spiro atoms. The molecule has 0 amide bonds. The maximum absolute atomic E-state index is 6.20. The number of piperidine rings is 1. The molecule has 16 heavy (non-hydrogen) atoms. The van der Waals surface area contributed by atoms with Crippen molar-refractivity contribution in [2.45, 2.75) is 25.8 Å². The molecule has 1 aliphatic heterocycles. The van der Waals surface area contributed by atoms with Gasteiger partial charge in [-0.1, -0.05) is 0 Å². The molecule has 2 N–H and O–H groups in total. The van der Waals surface area contributed by atoms with Gasteiger partial charge in [0.2, 0.25) is 0 Å². The quantitative estimate of drug-likeness (QED) is 0.762. The lowest BCUT2D eigenvalue weighted by molar-refractivity contribution is 0.355. The summed E-state index contributed by atoms with van der Waals surface area (Å²) < 4.78 is 0. The molecule has 2 aliphatic rings. The maximum atomic E-state index is 6.20. The van der Waals surface area contributed by atoms with Crippen LogP contribution in [0.15, 0.2) is 12.4 Å². The van der Waals surface area contributed by atoms with Crippen LogP contribution in [0.5, 0.6) is 0 Å². The van der Waals surface area contributed by atoms with Gasteiger partial charge in [0.05, 0.1) is 0 Å². The van der Waals surface area contributed by atoms with E-state index >= 15 is 0 Å². The van der Waals surface area contributed by atoms with E-state index in [-0.39, 0.29) is 0 Å². The molecule has 1 saturated carbocycles. The third kappa shape index (κ3) is 1.57. The summed E-state index contributed by atoms with van der Waals surface area (Å²) in [4.78, 5) is 10.9. The first-order valence-electron chi connectivity index (χ1n) is 6.03. The molecule has 1 aliphatic carbocycles. The Morgan fingerprint density at radius 2 is 1.94 bits per heavy atom. The molecule has 3 atom stereocenters. The molecule has 4 heteroatoms. The lowest BCUT2D eigenvalue weighted by atomic mass is 9.93. The summed E-state index contributed by atoms with van der Waals surface area (Å²) in [5, 5.41) is 0. The van der Waals surface area contributed by atoms with E-state index in [9.17, 15) is 0 Å². The van der Waals surface area contributed by atoms with Crippen LogP contribution in [0.25, 0.3) is 0 Å². The molecule has 2 heterocycles. The van der Waals surface area contributed by atoms with Gasteiger partial charge in [-0.2, -0.15) is 0 Å². The highest BCUT2D eigenvalue weighted by molar-refractivity contribution is 5.40. The van der Waals surface area contributed by atoms with Crippen molar-refractivity contribution in [2.24, 2.45) is 17.6 Å². The predicted molar refractivity (Wildman–Crippen MR) is 63.2 cm³/mol. The Labute approximate surface area is 95.9 Å². The van der Waals surface area contributed by atoms with Crippen LogP contribution in [-0.2, 0) is 0 Å². The van der Waals surface area contributed by atoms with Crippen LogP contribution in [0.1, 0.15) is 18.5 Å². The fraction of sp³-hybridized carbons (Fsp3) is 0.667. The first kappa shape index (κ1) is 10.0. The normalized spacial score (nSPS) is 33.1. The number of fused-ring (bicyclic) bond motifs is 2. The molecule has 86 valence electrons. The van der Waals surface area contributed by atoms with Crippen molar-refractivity contribution >= 4 is 5.82 Å². The molecule has 1 saturated heterocycles. The van der Waals surface area contributed by atoms with E-state index in [2.05, 4.69) is 20.9 Å². The van der Waals surface area contributed by atoms with E-state index in [1.807, 2.05) is 6.92 Å². The molecule has 1 aromatic rings. The van der Waals surface area contributed by atoms with E-state index < -0.39 is 0 Å². The summed E-state index contributed by atoms with van der Waals surface area (Å²) in [6, 6.07) is 2.48. The number of hydrogen-bond acceptors (Lipinski definition) is 4. The van der Waals surface area contributed by atoms with Crippen LogP contribution in [-0.4, -0.2) is 29.1 Å². The second-order valence-corrected chi connectivity index (χ2v) is 5.10. The average molecular weight is 218 g/mol. The van der Waals surface area contributed by atoms with Gasteiger partial charge < -0.3 is 10.6 Å². The largest absolute Gasteiger partial charge is 0.356 e. The minimum absolute atomic E-state index is 0.416. The standard InChI is InChI=1S/C12H18N4/c1-8-4-11(15-7-14-8)16-5-9-2-3-10(6-16)12(9)13/h4,7,9-10,12H,2-3,5-6,13H2,1H3/t9-,10?,12+/m0/s1. The van der Waals surface area contributed by atoms with Crippen molar-refractivity contribution < 1.29 is 0 Å². The average Bonchev–Trinajstić information content (AvgIpc) is 2.53. The molecule has 2 bridgehead atoms.